The van der Waals surface area contributed by atoms with Gasteiger partial charge in [0.15, 0.2) is 11.5 Å². The van der Waals surface area contributed by atoms with Crippen LogP contribution in [0.3, 0.4) is 0 Å². The van der Waals surface area contributed by atoms with Crippen LogP contribution in [0.1, 0.15) is 12.5 Å². The van der Waals surface area contributed by atoms with Crippen molar-refractivity contribution >= 4 is 17.0 Å². The molecule has 20 heavy (non-hydrogen) atoms. The zero-order valence-corrected chi connectivity index (χ0v) is 10.6. The zero-order valence-electron chi connectivity index (χ0n) is 10.6. The Hall–Kier alpha value is -1.77. The molecule has 4 rings (SSSR count). The SMILES string of the molecule is Nc1ncnc2c1ncn2[C@@H]1[C@H](O)[C@@H](O)[C@@]2(CO)C[C@H]12. The predicted molar refractivity (Wildman–Crippen MR) is 68.4 cm³/mol. The summed E-state index contributed by atoms with van der Waals surface area (Å²) in [6.45, 7) is -0.129. The van der Waals surface area contributed by atoms with Crippen LogP contribution in [-0.4, -0.2) is 53.7 Å². The van der Waals surface area contributed by atoms with Crippen LogP contribution in [0.25, 0.3) is 11.2 Å². The van der Waals surface area contributed by atoms with Gasteiger partial charge in [0.25, 0.3) is 0 Å². The topological polar surface area (TPSA) is 130 Å². The van der Waals surface area contributed by atoms with Crippen LogP contribution >= 0.6 is 0 Å². The minimum Gasteiger partial charge on any atom is -0.396 e. The lowest BCUT2D eigenvalue weighted by Crippen LogP contribution is -2.35. The van der Waals surface area contributed by atoms with Crippen molar-refractivity contribution in [3.8, 4) is 0 Å². The second-order valence-corrected chi connectivity index (χ2v) is 5.71. The highest BCUT2D eigenvalue weighted by Crippen LogP contribution is 2.67. The van der Waals surface area contributed by atoms with Crippen LogP contribution in [0.5, 0.6) is 0 Å². The summed E-state index contributed by atoms with van der Waals surface area (Å²) in [5, 5.41) is 29.9. The molecule has 5 atom stereocenters. The van der Waals surface area contributed by atoms with E-state index in [4.69, 9.17) is 5.73 Å². The summed E-state index contributed by atoms with van der Waals surface area (Å²) in [5.41, 5.74) is 6.18. The van der Waals surface area contributed by atoms with E-state index in [0.717, 1.165) is 0 Å². The van der Waals surface area contributed by atoms with Gasteiger partial charge in [-0.05, 0) is 12.3 Å². The minimum absolute atomic E-state index is 0.0195. The molecule has 0 bridgehead atoms. The van der Waals surface area contributed by atoms with Gasteiger partial charge in [0.2, 0.25) is 0 Å². The number of aliphatic hydroxyl groups excluding tert-OH is 3. The number of hydrogen-bond donors (Lipinski definition) is 4. The van der Waals surface area contributed by atoms with Crippen molar-refractivity contribution < 1.29 is 15.3 Å². The first kappa shape index (κ1) is 12.0. The van der Waals surface area contributed by atoms with Crippen molar-refractivity contribution in [1.82, 2.24) is 19.5 Å². The molecule has 2 fully saturated rings. The van der Waals surface area contributed by atoms with Gasteiger partial charge in [0.1, 0.15) is 17.9 Å². The normalized spacial score (nSPS) is 39.1. The summed E-state index contributed by atoms with van der Waals surface area (Å²) in [4.78, 5) is 12.2. The van der Waals surface area contributed by atoms with E-state index in [9.17, 15) is 15.3 Å². The monoisotopic (exact) mass is 277 g/mol. The molecule has 2 aromatic heterocycles. The predicted octanol–water partition coefficient (Wildman–Crippen LogP) is -1.32. The highest BCUT2D eigenvalue weighted by Gasteiger charge is 2.71. The summed E-state index contributed by atoms with van der Waals surface area (Å²) in [5.74, 6) is 0.303. The molecule has 0 saturated heterocycles. The highest BCUT2D eigenvalue weighted by molar-refractivity contribution is 5.81. The number of fused-ring (bicyclic) bond motifs is 2. The van der Waals surface area contributed by atoms with Crippen molar-refractivity contribution in [3.63, 3.8) is 0 Å². The van der Waals surface area contributed by atoms with E-state index in [1.807, 2.05) is 0 Å². The molecule has 8 nitrogen and oxygen atoms in total. The Kier molecular flexibility index (Phi) is 2.20. The van der Waals surface area contributed by atoms with Crippen LogP contribution in [0, 0.1) is 11.3 Å². The summed E-state index contributed by atoms with van der Waals surface area (Å²) >= 11 is 0. The lowest BCUT2D eigenvalue weighted by molar-refractivity contribution is -0.0300. The number of imidazole rings is 1. The van der Waals surface area contributed by atoms with Crippen molar-refractivity contribution in [3.05, 3.63) is 12.7 Å². The van der Waals surface area contributed by atoms with Gasteiger partial charge in [-0.1, -0.05) is 0 Å². The third-order valence-electron chi connectivity index (χ3n) is 4.86. The Labute approximate surface area is 113 Å². The lowest BCUT2D eigenvalue weighted by Gasteiger charge is -2.23. The van der Waals surface area contributed by atoms with Gasteiger partial charge in [-0.3, -0.25) is 0 Å². The molecule has 0 spiro atoms. The number of rotatable bonds is 2. The summed E-state index contributed by atoms with van der Waals surface area (Å²) in [7, 11) is 0. The average molecular weight is 277 g/mol. The van der Waals surface area contributed by atoms with E-state index >= 15 is 0 Å². The standard InChI is InChI=1S/C12H15N5O3/c13-10-6-11(15-3-14-10)17(4-16-6)7-5-1-12(5,2-18)9(20)8(7)19/h3-5,7-9,18-20H,1-2H2,(H2,13,14,15)/t5-,7+,8+,9-,12-/m1/s1. The van der Waals surface area contributed by atoms with Crippen LogP contribution in [0.15, 0.2) is 12.7 Å². The summed E-state index contributed by atoms with van der Waals surface area (Å²) in [6, 6.07) is -0.351. The Morgan fingerprint density at radius 2 is 2.15 bits per heavy atom. The summed E-state index contributed by atoms with van der Waals surface area (Å²) < 4.78 is 1.73. The average Bonchev–Trinajstić information content (AvgIpc) is 2.95. The maximum atomic E-state index is 10.3. The fourth-order valence-corrected chi connectivity index (χ4v) is 3.64. The smallest absolute Gasteiger partial charge is 0.165 e. The molecule has 0 aromatic carbocycles. The van der Waals surface area contributed by atoms with Crippen molar-refractivity contribution in [2.45, 2.75) is 24.7 Å². The van der Waals surface area contributed by atoms with Crippen LogP contribution in [0.4, 0.5) is 5.82 Å². The Bertz CT molecular complexity index is 689. The number of aliphatic hydroxyl groups is 3. The largest absolute Gasteiger partial charge is 0.396 e. The number of nitrogens with two attached hydrogens (primary N) is 1. The molecule has 8 heteroatoms. The molecule has 0 amide bonds. The number of nitrogens with zero attached hydrogens (tertiary/aromatic N) is 4. The fraction of sp³-hybridized carbons (Fsp3) is 0.583. The maximum absolute atomic E-state index is 10.3. The van der Waals surface area contributed by atoms with Gasteiger partial charge < -0.3 is 25.6 Å². The molecule has 0 aliphatic heterocycles. The molecular formula is C12H15N5O3. The van der Waals surface area contributed by atoms with Crippen molar-refractivity contribution in [1.29, 1.82) is 0 Å². The van der Waals surface area contributed by atoms with Gasteiger partial charge in [0.05, 0.1) is 25.1 Å². The quantitative estimate of drug-likeness (QED) is 0.535. The Morgan fingerprint density at radius 3 is 2.85 bits per heavy atom. The molecule has 0 radical (unpaired) electrons. The first-order valence-electron chi connectivity index (χ1n) is 6.50. The molecule has 2 aromatic rings. The van der Waals surface area contributed by atoms with E-state index in [-0.39, 0.29) is 24.4 Å². The third kappa shape index (κ3) is 1.23. The van der Waals surface area contributed by atoms with E-state index in [2.05, 4.69) is 15.0 Å². The Balaban J connectivity index is 1.83. The molecule has 106 valence electrons. The molecule has 2 aliphatic carbocycles. The maximum Gasteiger partial charge on any atom is 0.165 e. The lowest BCUT2D eigenvalue weighted by atomic mass is 10.0. The van der Waals surface area contributed by atoms with Gasteiger partial charge in [-0.15, -0.1) is 0 Å². The van der Waals surface area contributed by atoms with Crippen LogP contribution in [0.2, 0.25) is 0 Å². The Morgan fingerprint density at radius 1 is 1.35 bits per heavy atom. The van der Waals surface area contributed by atoms with Gasteiger partial charge >= 0.3 is 0 Å². The van der Waals surface area contributed by atoms with Gasteiger partial charge in [-0.2, -0.15) is 0 Å². The molecule has 2 saturated carbocycles. The zero-order chi connectivity index (χ0) is 14.1. The molecule has 5 N–H and O–H groups in total. The van der Waals surface area contributed by atoms with E-state index in [1.54, 1.807) is 10.9 Å². The third-order valence-corrected chi connectivity index (χ3v) is 4.86. The van der Waals surface area contributed by atoms with Crippen molar-refractivity contribution in [2.75, 3.05) is 12.3 Å². The second kappa shape index (κ2) is 3.66. The van der Waals surface area contributed by atoms with E-state index < -0.39 is 17.6 Å². The van der Waals surface area contributed by atoms with E-state index in [0.29, 0.717) is 17.6 Å². The molecule has 2 aliphatic rings. The number of aromatic nitrogens is 4. The first-order chi connectivity index (χ1) is 9.60. The molecule has 2 heterocycles. The van der Waals surface area contributed by atoms with Crippen LogP contribution < -0.4 is 5.73 Å². The summed E-state index contributed by atoms with van der Waals surface area (Å²) in [6.07, 6.45) is 1.71. The number of anilines is 1. The van der Waals surface area contributed by atoms with Crippen LogP contribution in [-0.2, 0) is 0 Å². The number of nitrogen functional groups attached to an aromatic ring is 1. The number of hydrogen-bond acceptors (Lipinski definition) is 7. The molecular weight excluding hydrogens is 262 g/mol. The highest BCUT2D eigenvalue weighted by atomic mass is 16.3. The van der Waals surface area contributed by atoms with E-state index in [1.165, 1.54) is 6.33 Å². The van der Waals surface area contributed by atoms with Crippen molar-refractivity contribution in [2.24, 2.45) is 11.3 Å². The fourth-order valence-electron chi connectivity index (χ4n) is 3.64. The first-order valence-corrected chi connectivity index (χ1v) is 6.50. The molecule has 0 unspecified atom stereocenters. The van der Waals surface area contributed by atoms with Gasteiger partial charge in [0, 0.05) is 5.41 Å². The second-order valence-electron chi connectivity index (χ2n) is 5.71. The minimum atomic E-state index is -0.950. The van der Waals surface area contributed by atoms with Gasteiger partial charge in [-0.25, -0.2) is 15.0 Å².